The third-order valence-electron chi connectivity index (χ3n) is 2.96. The molecular weight excluding hydrogens is 226 g/mol. The van der Waals surface area contributed by atoms with E-state index in [1.54, 1.807) is 11.2 Å². The first-order valence-electron chi connectivity index (χ1n) is 6.17. The quantitative estimate of drug-likeness (QED) is 0.763. The van der Waals surface area contributed by atoms with Crippen LogP contribution in [0.5, 0.6) is 0 Å². The van der Waals surface area contributed by atoms with Crippen LogP contribution in [0.4, 0.5) is 0 Å². The second kappa shape index (κ2) is 4.52. The van der Waals surface area contributed by atoms with E-state index in [2.05, 4.69) is 16.2 Å². The molecule has 4 nitrogen and oxygen atoms in total. The molecule has 2 rings (SSSR count). The SMILES string of the molecule is Cc1cncc(C2CC=NN2C(=O)C(C)(C)C)c1. The maximum atomic E-state index is 12.3. The van der Waals surface area contributed by atoms with Gasteiger partial charge in [0.05, 0.1) is 6.04 Å². The van der Waals surface area contributed by atoms with Gasteiger partial charge in [0, 0.05) is 30.4 Å². The summed E-state index contributed by atoms with van der Waals surface area (Å²) in [5.41, 5.74) is 1.73. The molecule has 96 valence electrons. The number of carbonyl (C=O) groups excluding carboxylic acids is 1. The van der Waals surface area contributed by atoms with Crippen molar-refractivity contribution in [3.63, 3.8) is 0 Å². The summed E-state index contributed by atoms with van der Waals surface area (Å²) in [4.78, 5) is 16.5. The van der Waals surface area contributed by atoms with Gasteiger partial charge in [0.1, 0.15) is 0 Å². The number of aryl methyl sites for hydroxylation is 1. The number of nitrogens with zero attached hydrogens (tertiary/aromatic N) is 3. The van der Waals surface area contributed by atoms with Crippen LogP contribution >= 0.6 is 0 Å². The van der Waals surface area contributed by atoms with Gasteiger partial charge in [-0.25, -0.2) is 5.01 Å². The summed E-state index contributed by atoms with van der Waals surface area (Å²) in [7, 11) is 0. The fourth-order valence-electron chi connectivity index (χ4n) is 1.99. The summed E-state index contributed by atoms with van der Waals surface area (Å²) >= 11 is 0. The van der Waals surface area contributed by atoms with E-state index in [4.69, 9.17) is 0 Å². The van der Waals surface area contributed by atoms with E-state index in [1.807, 2.05) is 40.1 Å². The summed E-state index contributed by atoms with van der Waals surface area (Å²) in [5.74, 6) is 0.0442. The average Bonchev–Trinajstić information content (AvgIpc) is 2.75. The summed E-state index contributed by atoms with van der Waals surface area (Å²) in [6.45, 7) is 7.74. The molecule has 1 unspecified atom stereocenters. The summed E-state index contributed by atoms with van der Waals surface area (Å²) in [6, 6.07) is 2.05. The van der Waals surface area contributed by atoms with Crippen molar-refractivity contribution in [3.8, 4) is 0 Å². The van der Waals surface area contributed by atoms with Gasteiger partial charge in [-0.05, 0) is 18.1 Å². The number of rotatable bonds is 1. The maximum absolute atomic E-state index is 12.3. The minimum absolute atomic E-state index is 0.0101. The number of amides is 1. The number of carbonyl (C=O) groups is 1. The third kappa shape index (κ3) is 2.42. The Balaban J connectivity index is 2.27. The van der Waals surface area contributed by atoms with Crippen molar-refractivity contribution in [2.24, 2.45) is 10.5 Å². The van der Waals surface area contributed by atoms with Gasteiger partial charge in [0.2, 0.25) is 5.91 Å². The molecule has 0 aliphatic carbocycles. The minimum atomic E-state index is -0.419. The van der Waals surface area contributed by atoms with Gasteiger partial charge in [0.25, 0.3) is 0 Å². The zero-order valence-electron chi connectivity index (χ0n) is 11.3. The Bertz CT molecular complexity index is 488. The first kappa shape index (κ1) is 12.7. The Morgan fingerprint density at radius 1 is 1.39 bits per heavy atom. The van der Waals surface area contributed by atoms with E-state index < -0.39 is 5.41 Å². The van der Waals surface area contributed by atoms with E-state index in [9.17, 15) is 4.79 Å². The summed E-state index contributed by atoms with van der Waals surface area (Å²) in [5, 5.41) is 5.81. The van der Waals surface area contributed by atoms with Gasteiger partial charge in [-0.1, -0.05) is 26.8 Å². The Kier molecular flexibility index (Phi) is 3.20. The van der Waals surface area contributed by atoms with Crippen molar-refractivity contribution in [2.75, 3.05) is 0 Å². The van der Waals surface area contributed by atoms with E-state index in [-0.39, 0.29) is 11.9 Å². The Hall–Kier alpha value is -1.71. The van der Waals surface area contributed by atoms with Gasteiger partial charge in [-0.3, -0.25) is 9.78 Å². The first-order valence-corrected chi connectivity index (χ1v) is 6.17. The molecule has 1 aromatic rings. The third-order valence-corrected chi connectivity index (χ3v) is 2.96. The fourth-order valence-corrected chi connectivity index (χ4v) is 1.99. The van der Waals surface area contributed by atoms with Crippen LogP contribution in [-0.2, 0) is 4.79 Å². The number of hydrazone groups is 1. The molecule has 2 heterocycles. The molecule has 0 radical (unpaired) electrons. The number of hydrogen-bond acceptors (Lipinski definition) is 3. The summed E-state index contributed by atoms with van der Waals surface area (Å²) in [6.07, 6.45) is 6.19. The predicted molar refractivity (Wildman–Crippen MR) is 71.1 cm³/mol. The predicted octanol–water partition coefficient (Wildman–Crippen LogP) is 2.70. The lowest BCUT2D eigenvalue weighted by atomic mass is 9.94. The highest BCUT2D eigenvalue weighted by molar-refractivity contribution is 5.84. The molecule has 1 amide bonds. The molecule has 0 saturated carbocycles. The molecule has 0 bridgehead atoms. The van der Waals surface area contributed by atoms with Crippen molar-refractivity contribution >= 4 is 12.1 Å². The molecule has 4 heteroatoms. The van der Waals surface area contributed by atoms with Crippen molar-refractivity contribution in [1.82, 2.24) is 9.99 Å². The number of hydrogen-bond donors (Lipinski definition) is 0. The van der Waals surface area contributed by atoms with Crippen molar-refractivity contribution < 1.29 is 4.79 Å². The van der Waals surface area contributed by atoms with Gasteiger partial charge in [0.15, 0.2) is 0 Å². The van der Waals surface area contributed by atoms with Crippen molar-refractivity contribution in [1.29, 1.82) is 0 Å². The Morgan fingerprint density at radius 3 is 2.72 bits per heavy atom. The largest absolute Gasteiger partial charge is 0.272 e. The number of pyridine rings is 1. The zero-order chi connectivity index (χ0) is 13.3. The molecule has 0 saturated heterocycles. The molecule has 1 aromatic heterocycles. The van der Waals surface area contributed by atoms with Crippen LogP contribution in [0, 0.1) is 12.3 Å². The van der Waals surface area contributed by atoms with Crippen LogP contribution in [0.25, 0.3) is 0 Å². The standard InChI is InChI=1S/C14H19N3O/c1-10-7-11(9-15-8-10)12-5-6-16-17(12)13(18)14(2,3)4/h6-9,12H,5H2,1-4H3. The molecule has 1 atom stereocenters. The lowest BCUT2D eigenvalue weighted by Gasteiger charge is -2.28. The molecule has 0 fully saturated rings. The van der Waals surface area contributed by atoms with Crippen LogP contribution in [0.1, 0.15) is 44.4 Å². The number of aromatic nitrogens is 1. The zero-order valence-corrected chi connectivity index (χ0v) is 11.3. The van der Waals surface area contributed by atoms with Crippen LogP contribution < -0.4 is 0 Å². The van der Waals surface area contributed by atoms with Crippen LogP contribution in [-0.4, -0.2) is 22.1 Å². The second-order valence-electron chi connectivity index (χ2n) is 5.74. The highest BCUT2D eigenvalue weighted by atomic mass is 16.2. The summed E-state index contributed by atoms with van der Waals surface area (Å²) < 4.78 is 0. The molecule has 1 aliphatic heterocycles. The van der Waals surface area contributed by atoms with Crippen LogP contribution in [0.2, 0.25) is 0 Å². The average molecular weight is 245 g/mol. The van der Waals surface area contributed by atoms with E-state index in [0.29, 0.717) is 0 Å². The topological polar surface area (TPSA) is 45.6 Å². The molecule has 0 N–H and O–H groups in total. The van der Waals surface area contributed by atoms with Crippen molar-refractivity contribution in [2.45, 2.75) is 40.2 Å². The highest BCUT2D eigenvalue weighted by Gasteiger charge is 2.34. The highest BCUT2D eigenvalue weighted by Crippen LogP contribution is 2.32. The Labute approximate surface area is 108 Å². The Morgan fingerprint density at radius 2 is 2.11 bits per heavy atom. The van der Waals surface area contributed by atoms with Gasteiger partial charge < -0.3 is 0 Å². The second-order valence-corrected chi connectivity index (χ2v) is 5.74. The van der Waals surface area contributed by atoms with Crippen LogP contribution in [0.3, 0.4) is 0 Å². The van der Waals surface area contributed by atoms with E-state index >= 15 is 0 Å². The molecule has 0 aromatic carbocycles. The maximum Gasteiger partial charge on any atom is 0.248 e. The fraction of sp³-hybridized carbons (Fsp3) is 0.500. The van der Waals surface area contributed by atoms with E-state index in [0.717, 1.165) is 17.5 Å². The van der Waals surface area contributed by atoms with Crippen LogP contribution in [0.15, 0.2) is 23.6 Å². The van der Waals surface area contributed by atoms with Crippen molar-refractivity contribution in [3.05, 3.63) is 29.6 Å². The molecule has 1 aliphatic rings. The minimum Gasteiger partial charge on any atom is -0.272 e. The molecular formula is C14H19N3O. The van der Waals surface area contributed by atoms with Gasteiger partial charge in [-0.2, -0.15) is 5.10 Å². The molecule has 18 heavy (non-hydrogen) atoms. The normalized spacial score (nSPS) is 19.3. The van der Waals surface area contributed by atoms with Gasteiger partial charge >= 0.3 is 0 Å². The van der Waals surface area contributed by atoms with Gasteiger partial charge in [-0.15, -0.1) is 0 Å². The monoisotopic (exact) mass is 245 g/mol. The van der Waals surface area contributed by atoms with E-state index in [1.165, 1.54) is 0 Å². The molecule has 0 spiro atoms. The smallest absolute Gasteiger partial charge is 0.248 e. The lowest BCUT2D eigenvalue weighted by molar-refractivity contribution is -0.141. The first-order chi connectivity index (χ1) is 8.39. The lowest BCUT2D eigenvalue weighted by Crippen LogP contribution is -2.36.